The van der Waals surface area contributed by atoms with Crippen LogP contribution in [0.2, 0.25) is 0 Å². The van der Waals surface area contributed by atoms with E-state index in [0.717, 1.165) is 28.7 Å². The average molecular weight is 525 g/mol. The van der Waals surface area contributed by atoms with Crippen molar-refractivity contribution in [3.8, 4) is 11.1 Å². The highest BCUT2D eigenvalue weighted by Crippen LogP contribution is 2.35. The number of hydrogen-bond acceptors (Lipinski definition) is 4. The molecule has 202 valence electrons. The Bertz CT molecular complexity index is 1410. The molecule has 0 saturated heterocycles. The number of carbonyl (C=O) groups excluding carboxylic acids is 3. The number of anilines is 2. The number of para-hydroxylation sites is 2. The molecule has 3 amide bonds. The molecule has 5 N–H and O–H groups in total. The topological polar surface area (TPSA) is 113 Å². The van der Waals surface area contributed by atoms with Gasteiger partial charge in [-0.15, -0.1) is 0 Å². The lowest BCUT2D eigenvalue weighted by Gasteiger charge is -2.32. The first kappa shape index (κ1) is 27.8. The summed E-state index contributed by atoms with van der Waals surface area (Å²) in [6, 6.07) is 21.3. The molecular weight excluding hydrogens is 488 g/mol. The zero-order valence-corrected chi connectivity index (χ0v) is 22.8. The summed E-state index contributed by atoms with van der Waals surface area (Å²) in [5.74, 6) is -0.570. The maximum absolute atomic E-state index is 13.5. The van der Waals surface area contributed by atoms with E-state index in [4.69, 9.17) is 5.73 Å². The summed E-state index contributed by atoms with van der Waals surface area (Å²) in [5.41, 5.74) is 10.9. The van der Waals surface area contributed by atoms with Crippen LogP contribution in [0.4, 0.5) is 11.4 Å². The third-order valence-electron chi connectivity index (χ3n) is 7.28. The van der Waals surface area contributed by atoms with Gasteiger partial charge in [0.25, 0.3) is 5.91 Å². The highest BCUT2D eigenvalue weighted by Gasteiger charge is 2.32. The van der Waals surface area contributed by atoms with Crippen LogP contribution < -0.4 is 21.7 Å². The van der Waals surface area contributed by atoms with Crippen molar-refractivity contribution in [2.75, 3.05) is 10.6 Å². The van der Waals surface area contributed by atoms with E-state index >= 15 is 0 Å². The fourth-order valence-corrected chi connectivity index (χ4v) is 4.73. The predicted octanol–water partition coefficient (Wildman–Crippen LogP) is 5.46. The lowest BCUT2D eigenvalue weighted by atomic mass is 9.82. The smallest absolute Gasteiger partial charge is 0.252 e. The fourth-order valence-electron chi connectivity index (χ4n) is 4.73. The van der Waals surface area contributed by atoms with Gasteiger partial charge >= 0.3 is 0 Å². The highest BCUT2D eigenvalue weighted by atomic mass is 16.2. The van der Waals surface area contributed by atoms with E-state index in [2.05, 4.69) is 29.8 Å². The Kier molecular flexibility index (Phi) is 8.62. The molecule has 7 heteroatoms. The second-order valence-corrected chi connectivity index (χ2v) is 10.3. The van der Waals surface area contributed by atoms with E-state index in [1.54, 1.807) is 12.1 Å². The van der Waals surface area contributed by atoms with E-state index in [1.807, 2.05) is 80.6 Å². The van der Waals surface area contributed by atoms with Crippen LogP contribution in [-0.2, 0) is 9.59 Å². The molecule has 3 aromatic carbocycles. The quantitative estimate of drug-likeness (QED) is 0.293. The SMILES string of the molecule is CC[C@H](C)[C@@H]1NC(=O)c2ccccc2C1=CC(=O)Nc1ccccc1-c1ccccc1NC(=O)[C@@H](N)C(C)C. The second kappa shape index (κ2) is 12.1. The number of benzene rings is 3. The average Bonchev–Trinajstić information content (AvgIpc) is 2.94. The van der Waals surface area contributed by atoms with E-state index in [1.165, 1.54) is 0 Å². The number of nitrogens with two attached hydrogens (primary N) is 1. The number of carbonyl (C=O) groups is 3. The highest BCUT2D eigenvalue weighted by molar-refractivity contribution is 6.11. The minimum atomic E-state index is -0.642. The minimum absolute atomic E-state index is 0.00859. The lowest BCUT2D eigenvalue weighted by molar-refractivity contribution is -0.118. The van der Waals surface area contributed by atoms with Gasteiger partial charge in [0, 0.05) is 34.1 Å². The van der Waals surface area contributed by atoms with E-state index in [9.17, 15) is 14.4 Å². The predicted molar refractivity (Wildman–Crippen MR) is 157 cm³/mol. The molecule has 0 saturated carbocycles. The molecule has 4 rings (SSSR count). The first-order valence-corrected chi connectivity index (χ1v) is 13.4. The molecule has 3 atom stereocenters. The van der Waals surface area contributed by atoms with Crippen LogP contribution in [0.5, 0.6) is 0 Å². The molecule has 0 aromatic heterocycles. The number of amides is 3. The number of nitrogens with one attached hydrogen (secondary N) is 3. The molecule has 0 fully saturated rings. The Morgan fingerprint density at radius 1 is 0.846 bits per heavy atom. The summed E-state index contributed by atoms with van der Waals surface area (Å²) in [6.07, 6.45) is 2.43. The number of hydrogen-bond donors (Lipinski definition) is 4. The van der Waals surface area contributed by atoms with Gasteiger partial charge in [-0.05, 0) is 41.2 Å². The van der Waals surface area contributed by atoms with E-state index < -0.39 is 6.04 Å². The molecule has 1 aliphatic heterocycles. The van der Waals surface area contributed by atoms with Gasteiger partial charge in [0.15, 0.2) is 0 Å². The van der Waals surface area contributed by atoms with Gasteiger partial charge in [-0.2, -0.15) is 0 Å². The van der Waals surface area contributed by atoms with E-state index in [0.29, 0.717) is 16.9 Å². The maximum atomic E-state index is 13.5. The zero-order chi connectivity index (χ0) is 28.1. The monoisotopic (exact) mass is 524 g/mol. The molecule has 0 unspecified atom stereocenters. The Morgan fingerprint density at radius 2 is 1.36 bits per heavy atom. The second-order valence-electron chi connectivity index (χ2n) is 10.3. The van der Waals surface area contributed by atoms with E-state index in [-0.39, 0.29) is 35.6 Å². The van der Waals surface area contributed by atoms with Crippen molar-refractivity contribution in [1.29, 1.82) is 0 Å². The van der Waals surface area contributed by atoms with Gasteiger partial charge in [-0.25, -0.2) is 0 Å². The zero-order valence-electron chi connectivity index (χ0n) is 22.8. The van der Waals surface area contributed by atoms with Crippen LogP contribution in [-0.4, -0.2) is 29.8 Å². The van der Waals surface area contributed by atoms with Crippen LogP contribution in [0.1, 0.15) is 50.0 Å². The fraction of sp³-hybridized carbons (Fsp3) is 0.281. The van der Waals surface area contributed by atoms with Crippen molar-refractivity contribution < 1.29 is 14.4 Å². The lowest BCUT2D eigenvalue weighted by Crippen LogP contribution is -2.44. The Morgan fingerprint density at radius 3 is 1.92 bits per heavy atom. The van der Waals surface area contributed by atoms with Crippen molar-refractivity contribution in [1.82, 2.24) is 5.32 Å². The Balaban J connectivity index is 1.68. The third kappa shape index (κ3) is 6.10. The van der Waals surface area contributed by atoms with Gasteiger partial charge in [0.1, 0.15) is 0 Å². The summed E-state index contributed by atoms with van der Waals surface area (Å²) in [4.78, 5) is 38.9. The molecule has 1 aliphatic rings. The minimum Gasteiger partial charge on any atom is -0.345 e. The molecule has 0 radical (unpaired) electrons. The standard InChI is InChI=1S/C32H36N4O3/c1-5-20(4)30-25(21-12-6-7-15-24(21)31(38)36-30)18-28(37)34-26-16-10-8-13-22(26)23-14-9-11-17-27(23)35-32(39)29(33)19(2)3/h6-20,29-30H,5,33H2,1-4H3,(H,34,37)(H,35,39)(H,36,38)/t20-,29-,30-/m0/s1. The van der Waals surface area contributed by atoms with Crippen molar-refractivity contribution in [3.63, 3.8) is 0 Å². The summed E-state index contributed by atoms with van der Waals surface area (Å²) >= 11 is 0. The summed E-state index contributed by atoms with van der Waals surface area (Å²) in [6.45, 7) is 7.93. The van der Waals surface area contributed by atoms with Gasteiger partial charge in [0.05, 0.1) is 12.1 Å². The maximum Gasteiger partial charge on any atom is 0.252 e. The summed E-state index contributed by atoms with van der Waals surface area (Å²) in [5, 5.41) is 9.06. The van der Waals surface area contributed by atoms with Gasteiger partial charge < -0.3 is 21.7 Å². The van der Waals surface area contributed by atoms with Crippen molar-refractivity contribution in [2.45, 2.75) is 46.2 Å². The van der Waals surface area contributed by atoms with Crippen LogP contribution in [0.25, 0.3) is 16.7 Å². The normalized spacial score (nSPS) is 17.2. The van der Waals surface area contributed by atoms with Crippen molar-refractivity contribution >= 4 is 34.7 Å². The van der Waals surface area contributed by atoms with Crippen LogP contribution in [0.15, 0.2) is 78.9 Å². The first-order valence-electron chi connectivity index (χ1n) is 13.4. The molecular formula is C32H36N4O3. The van der Waals surface area contributed by atoms with Gasteiger partial charge in [0.2, 0.25) is 11.8 Å². The number of rotatable bonds is 8. The summed E-state index contributed by atoms with van der Waals surface area (Å²) in [7, 11) is 0. The van der Waals surface area contributed by atoms with Gasteiger partial charge in [-0.3, -0.25) is 14.4 Å². The summed E-state index contributed by atoms with van der Waals surface area (Å²) < 4.78 is 0. The molecule has 39 heavy (non-hydrogen) atoms. The Labute approximate surface area is 229 Å². The van der Waals surface area contributed by atoms with Crippen LogP contribution in [0, 0.1) is 11.8 Å². The largest absolute Gasteiger partial charge is 0.345 e. The first-order chi connectivity index (χ1) is 18.7. The van der Waals surface area contributed by atoms with Crippen molar-refractivity contribution in [3.05, 3.63) is 90.0 Å². The Hall–Kier alpha value is -4.23. The molecule has 0 aliphatic carbocycles. The molecule has 1 heterocycles. The molecule has 3 aromatic rings. The molecule has 0 spiro atoms. The number of fused-ring (bicyclic) bond motifs is 1. The van der Waals surface area contributed by atoms with Crippen LogP contribution in [0.3, 0.4) is 0 Å². The van der Waals surface area contributed by atoms with Gasteiger partial charge in [-0.1, -0.05) is 88.7 Å². The van der Waals surface area contributed by atoms with Crippen molar-refractivity contribution in [2.24, 2.45) is 17.6 Å². The third-order valence-corrected chi connectivity index (χ3v) is 7.28. The molecule has 0 bridgehead atoms. The van der Waals surface area contributed by atoms with Crippen LogP contribution >= 0.6 is 0 Å². The molecule has 7 nitrogen and oxygen atoms in total.